The van der Waals surface area contributed by atoms with Crippen molar-refractivity contribution >= 4 is 40.0 Å². The summed E-state index contributed by atoms with van der Waals surface area (Å²) in [5, 5.41) is 6.45. The van der Waals surface area contributed by atoms with Crippen LogP contribution in [0.2, 0.25) is 0 Å². The van der Waals surface area contributed by atoms with Gasteiger partial charge in [-0.2, -0.15) is 0 Å². The fourth-order valence-corrected chi connectivity index (χ4v) is 4.78. The predicted octanol–water partition coefficient (Wildman–Crippen LogP) is 2.33. The van der Waals surface area contributed by atoms with Gasteiger partial charge in [-0.15, -0.1) is 24.0 Å². The Bertz CT molecular complexity index is 588. The monoisotopic (exact) mass is 530 g/mol. The van der Waals surface area contributed by atoms with Gasteiger partial charge in [0.05, 0.1) is 11.9 Å². The number of ether oxygens (including phenoxy) is 1. The minimum absolute atomic E-state index is 0. The molecule has 0 spiro atoms. The smallest absolute Gasteiger partial charge is 0.213 e. The van der Waals surface area contributed by atoms with Crippen LogP contribution in [0.25, 0.3) is 0 Å². The summed E-state index contributed by atoms with van der Waals surface area (Å²) in [5.74, 6) is 1.64. The van der Waals surface area contributed by atoms with Gasteiger partial charge in [0.25, 0.3) is 0 Å². The third-order valence-electron chi connectivity index (χ3n) is 5.53. The number of aliphatic imine (C=N–C) groups is 1. The molecule has 1 saturated heterocycles. The number of nitrogens with zero attached hydrogens (tertiary/aromatic N) is 1. The molecule has 0 aromatic rings. The first-order chi connectivity index (χ1) is 12.7. The molecule has 0 radical (unpaired) electrons. The van der Waals surface area contributed by atoms with Gasteiger partial charge in [-0.25, -0.2) is 13.1 Å². The molecule has 2 aliphatic rings. The largest absolute Gasteiger partial charge is 0.377 e. The predicted molar refractivity (Wildman–Crippen MR) is 126 cm³/mol. The SMILES string of the molecule is CN=C(NCCS(=O)(=O)NCC1CCC1)NCC1CCCOC1C(C)(C)C.I. The average Bonchev–Trinajstić information content (AvgIpc) is 2.55. The van der Waals surface area contributed by atoms with E-state index in [1.54, 1.807) is 7.05 Å². The van der Waals surface area contributed by atoms with E-state index in [1.165, 1.54) is 6.42 Å². The standard InChI is InChI=1S/C19H38N4O3S.HI/c1-19(2,3)17-16(9-6-11-26-17)14-22-18(20-4)21-10-12-27(24,25)23-13-15-7-5-8-15;/h15-17,23H,5-14H2,1-4H3,(H2,20,21,22);1H. The van der Waals surface area contributed by atoms with E-state index in [1.807, 2.05) is 0 Å². The molecule has 0 amide bonds. The molecule has 1 aliphatic heterocycles. The van der Waals surface area contributed by atoms with Gasteiger partial charge in [0.2, 0.25) is 10.0 Å². The second-order valence-electron chi connectivity index (χ2n) is 8.90. The summed E-state index contributed by atoms with van der Waals surface area (Å²) >= 11 is 0. The molecule has 9 heteroatoms. The van der Waals surface area contributed by atoms with Crippen molar-refractivity contribution in [3.8, 4) is 0 Å². The van der Waals surface area contributed by atoms with E-state index < -0.39 is 10.0 Å². The maximum Gasteiger partial charge on any atom is 0.213 e. The van der Waals surface area contributed by atoms with Gasteiger partial charge in [0, 0.05) is 39.2 Å². The van der Waals surface area contributed by atoms with Crippen molar-refractivity contribution in [1.82, 2.24) is 15.4 Å². The van der Waals surface area contributed by atoms with Gasteiger partial charge in [-0.05, 0) is 37.0 Å². The Morgan fingerprint density at radius 1 is 1.11 bits per heavy atom. The summed E-state index contributed by atoms with van der Waals surface area (Å²) in [6.45, 7) is 9.15. The number of sulfonamides is 1. The van der Waals surface area contributed by atoms with Crippen molar-refractivity contribution in [2.45, 2.75) is 59.0 Å². The third kappa shape index (κ3) is 8.71. The number of hydrogen-bond donors (Lipinski definition) is 3. The summed E-state index contributed by atoms with van der Waals surface area (Å²) in [6.07, 6.45) is 5.92. The van der Waals surface area contributed by atoms with Crippen LogP contribution in [0.4, 0.5) is 0 Å². The highest BCUT2D eigenvalue weighted by Crippen LogP contribution is 2.33. The molecule has 7 nitrogen and oxygen atoms in total. The van der Waals surface area contributed by atoms with E-state index in [9.17, 15) is 8.42 Å². The van der Waals surface area contributed by atoms with Gasteiger partial charge in [-0.1, -0.05) is 27.2 Å². The molecule has 2 rings (SSSR count). The van der Waals surface area contributed by atoms with Crippen LogP contribution in [0.5, 0.6) is 0 Å². The van der Waals surface area contributed by atoms with Gasteiger partial charge in [-0.3, -0.25) is 4.99 Å². The van der Waals surface area contributed by atoms with Crippen LogP contribution in [-0.4, -0.2) is 59.5 Å². The highest BCUT2D eigenvalue weighted by atomic mass is 127. The molecule has 28 heavy (non-hydrogen) atoms. The zero-order valence-corrected chi connectivity index (χ0v) is 20.9. The third-order valence-corrected chi connectivity index (χ3v) is 6.88. The van der Waals surface area contributed by atoms with E-state index >= 15 is 0 Å². The minimum atomic E-state index is -3.24. The van der Waals surface area contributed by atoms with Crippen LogP contribution < -0.4 is 15.4 Å². The molecule has 3 N–H and O–H groups in total. The van der Waals surface area contributed by atoms with Gasteiger partial charge in [0.1, 0.15) is 0 Å². The lowest BCUT2D eigenvalue weighted by Gasteiger charge is -2.40. The van der Waals surface area contributed by atoms with Gasteiger partial charge >= 0.3 is 0 Å². The zero-order chi connectivity index (χ0) is 19.9. The minimum Gasteiger partial charge on any atom is -0.377 e. The van der Waals surface area contributed by atoms with Gasteiger partial charge in [0.15, 0.2) is 5.96 Å². The summed E-state index contributed by atoms with van der Waals surface area (Å²) < 4.78 is 32.9. The summed E-state index contributed by atoms with van der Waals surface area (Å²) in [6, 6.07) is 0. The van der Waals surface area contributed by atoms with E-state index in [-0.39, 0.29) is 41.2 Å². The number of halogens is 1. The van der Waals surface area contributed by atoms with E-state index in [2.05, 4.69) is 41.1 Å². The highest BCUT2D eigenvalue weighted by Gasteiger charge is 2.35. The Labute approximate surface area is 188 Å². The fourth-order valence-electron chi connectivity index (χ4n) is 3.78. The highest BCUT2D eigenvalue weighted by molar-refractivity contribution is 14.0. The second-order valence-corrected chi connectivity index (χ2v) is 10.8. The Hall–Kier alpha value is -0.130. The lowest BCUT2D eigenvalue weighted by atomic mass is 9.78. The molecule has 166 valence electrons. The van der Waals surface area contributed by atoms with Crippen LogP contribution >= 0.6 is 24.0 Å². The molecule has 2 fully saturated rings. The molecular formula is C19H39IN4O3S. The Kier molecular flexibility index (Phi) is 11.0. The lowest BCUT2D eigenvalue weighted by Crippen LogP contribution is -2.48. The van der Waals surface area contributed by atoms with Crippen LogP contribution in [0.15, 0.2) is 4.99 Å². The summed E-state index contributed by atoms with van der Waals surface area (Å²) in [5.41, 5.74) is 0.101. The first-order valence-electron chi connectivity index (χ1n) is 10.2. The summed E-state index contributed by atoms with van der Waals surface area (Å²) in [4.78, 5) is 4.21. The Morgan fingerprint density at radius 2 is 1.82 bits per heavy atom. The molecule has 2 atom stereocenters. The van der Waals surface area contributed by atoms with Crippen molar-refractivity contribution < 1.29 is 13.2 Å². The van der Waals surface area contributed by atoms with E-state index in [0.717, 1.165) is 38.8 Å². The summed E-state index contributed by atoms with van der Waals surface area (Å²) in [7, 11) is -1.53. The fraction of sp³-hybridized carbons (Fsp3) is 0.947. The normalized spacial score (nSPS) is 24.2. The van der Waals surface area contributed by atoms with Gasteiger partial charge < -0.3 is 15.4 Å². The first kappa shape index (κ1) is 25.9. The molecule has 2 unspecified atom stereocenters. The Balaban J connectivity index is 0.00000392. The first-order valence-corrected chi connectivity index (χ1v) is 11.9. The second kappa shape index (κ2) is 11.9. The van der Waals surface area contributed by atoms with Crippen LogP contribution in [0, 0.1) is 17.3 Å². The van der Waals surface area contributed by atoms with Crippen LogP contribution in [-0.2, 0) is 14.8 Å². The zero-order valence-electron chi connectivity index (χ0n) is 17.8. The molecule has 0 aromatic carbocycles. The number of guanidine groups is 1. The van der Waals surface area contributed by atoms with Crippen LogP contribution in [0.1, 0.15) is 52.9 Å². The molecule has 0 aromatic heterocycles. The van der Waals surface area contributed by atoms with Crippen molar-refractivity contribution in [3.63, 3.8) is 0 Å². The molecule has 0 bridgehead atoms. The van der Waals surface area contributed by atoms with Crippen molar-refractivity contribution in [2.75, 3.05) is 39.0 Å². The Morgan fingerprint density at radius 3 is 2.39 bits per heavy atom. The average molecular weight is 531 g/mol. The van der Waals surface area contributed by atoms with Crippen molar-refractivity contribution in [3.05, 3.63) is 0 Å². The lowest BCUT2D eigenvalue weighted by molar-refractivity contribution is -0.0835. The van der Waals surface area contributed by atoms with E-state index in [0.29, 0.717) is 30.9 Å². The van der Waals surface area contributed by atoms with Crippen LogP contribution in [0.3, 0.4) is 0 Å². The van der Waals surface area contributed by atoms with Crippen molar-refractivity contribution in [2.24, 2.45) is 22.2 Å². The number of nitrogens with one attached hydrogen (secondary N) is 3. The van der Waals surface area contributed by atoms with Crippen molar-refractivity contribution in [1.29, 1.82) is 0 Å². The number of rotatable bonds is 8. The van der Waals surface area contributed by atoms with E-state index in [4.69, 9.17) is 4.74 Å². The maximum atomic E-state index is 12.1. The topological polar surface area (TPSA) is 91.8 Å². The maximum absolute atomic E-state index is 12.1. The molecular weight excluding hydrogens is 491 g/mol. The molecule has 1 saturated carbocycles. The quantitative estimate of drug-likeness (QED) is 0.255. The molecule has 1 aliphatic carbocycles. The number of hydrogen-bond acceptors (Lipinski definition) is 4. The molecule has 1 heterocycles.